The molecule has 0 aliphatic carbocycles. The van der Waals surface area contributed by atoms with Crippen LogP contribution in [0.5, 0.6) is 0 Å². The number of anilines is 1. The Morgan fingerprint density at radius 2 is 1.76 bits per heavy atom. The van der Waals surface area contributed by atoms with E-state index in [-0.39, 0.29) is 5.82 Å². The first-order chi connectivity index (χ1) is 14.2. The van der Waals surface area contributed by atoms with E-state index < -0.39 is 0 Å². The first-order valence-corrected chi connectivity index (χ1v) is 9.85. The zero-order chi connectivity index (χ0) is 20.2. The molecule has 1 fully saturated rings. The van der Waals surface area contributed by atoms with E-state index in [4.69, 9.17) is 17.3 Å². The average molecular weight is 412 g/mol. The molecule has 4 rings (SSSR count). The number of benzene rings is 1. The molecule has 1 aromatic carbocycles. The van der Waals surface area contributed by atoms with Crippen LogP contribution in [0.3, 0.4) is 0 Å². The van der Waals surface area contributed by atoms with Gasteiger partial charge in [-0.05, 0) is 42.5 Å². The minimum absolute atomic E-state index is 0.276. The van der Waals surface area contributed by atoms with Gasteiger partial charge in [0.05, 0.1) is 6.67 Å². The zero-order valence-electron chi connectivity index (χ0n) is 16.0. The molecule has 2 aromatic heterocycles. The van der Waals surface area contributed by atoms with Crippen molar-refractivity contribution in [3.63, 3.8) is 0 Å². The molecule has 1 saturated heterocycles. The van der Waals surface area contributed by atoms with Crippen molar-refractivity contribution in [2.24, 2.45) is 0 Å². The Kier molecular flexibility index (Phi) is 5.77. The molecule has 1 aliphatic rings. The van der Waals surface area contributed by atoms with Crippen molar-refractivity contribution < 1.29 is 4.39 Å². The van der Waals surface area contributed by atoms with Crippen molar-refractivity contribution in [3.05, 3.63) is 66.0 Å². The van der Waals surface area contributed by atoms with Gasteiger partial charge in [-0.3, -0.25) is 9.47 Å². The molecular formula is C20H22FN7S. The third-order valence-corrected chi connectivity index (χ3v) is 5.31. The largest absolute Gasteiger partial charge is 0.338 e. The molecule has 29 heavy (non-hydrogen) atoms. The highest BCUT2D eigenvalue weighted by Gasteiger charge is 2.20. The fourth-order valence-corrected chi connectivity index (χ4v) is 3.63. The Labute approximate surface area is 173 Å². The monoisotopic (exact) mass is 411 g/mol. The van der Waals surface area contributed by atoms with Gasteiger partial charge < -0.3 is 4.90 Å². The third kappa shape index (κ3) is 4.25. The Morgan fingerprint density at radius 3 is 2.41 bits per heavy atom. The van der Waals surface area contributed by atoms with Crippen LogP contribution in [-0.4, -0.2) is 55.4 Å². The highest BCUT2D eigenvalue weighted by molar-refractivity contribution is 7.71. The van der Waals surface area contributed by atoms with E-state index in [2.05, 4.69) is 26.3 Å². The lowest BCUT2D eigenvalue weighted by atomic mass is 10.2. The molecule has 9 heteroatoms. The van der Waals surface area contributed by atoms with E-state index in [0.717, 1.165) is 37.7 Å². The van der Waals surface area contributed by atoms with Gasteiger partial charge in [-0.15, -0.1) is 6.58 Å². The lowest BCUT2D eigenvalue weighted by molar-refractivity contribution is 0.193. The summed E-state index contributed by atoms with van der Waals surface area (Å²) in [5.74, 6) is 1.20. The summed E-state index contributed by atoms with van der Waals surface area (Å²) in [5, 5.41) is 4.72. The molecule has 7 nitrogen and oxygen atoms in total. The Balaban J connectivity index is 1.51. The molecular weight excluding hydrogens is 389 g/mol. The molecule has 0 atom stereocenters. The maximum Gasteiger partial charge on any atom is 0.225 e. The fourth-order valence-electron chi connectivity index (χ4n) is 3.37. The van der Waals surface area contributed by atoms with Gasteiger partial charge in [-0.1, -0.05) is 6.08 Å². The van der Waals surface area contributed by atoms with Crippen molar-refractivity contribution in [1.29, 1.82) is 0 Å². The van der Waals surface area contributed by atoms with Crippen LogP contribution in [0.15, 0.2) is 55.4 Å². The quantitative estimate of drug-likeness (QED) is 0.459. The van der Waals surface area contributed by atoms with Crippen LogP contribution in [0.25, 0.3) is 11.4 Å². The van der Waals surface area contributed by atoms with Crippen LogP contribution in [0, 0.1) is 10.6 Å². The molecule has 3 heterocycles. The second kappa shape index (κ2) is 8.62. The van der Waals surface area contributed by atoms with Gasteiger partial charge in [0, 0.05) is 50.7 Å². The second-order valence-electron chi connectivity index (χ2n) is 6.81. The standard InChI is InChI=1S/C20H22FN7S/c1-2-10-27-18(16-4-6-17(21)7-5-16)24-28(20(27)29)15-25-11-13-26(14-12-25)19-22-8-3-9-23-19/h2-9H,1,10-15H2. The lowest BCUT2D eigenvalue weighted by Gasteiger charge is -2.34. The molecule has 3 aromatic rings. The van der Waals surface area contributed by atoms with Crippen LogP contribution >= 0.6 is 12.2 Å². The van der Waals surface area contributed by atoms with E-state index in [9.17, 15) is 4.39 Å². The van der Waals surface area contributed by atoms with E-state index in [1.54, 1.807) is 30.6 Å². The summed E-state index contributed by atoms with van der Waals surface area (Å²) in [7, 11) is 0. The number of rotatable bonds is 6. The summed E-state index contributed by atoms with van der Waals surface area (Å²) >= 11 is 5.66. The SMILES string of the molecule is C=CCn1c(-c2ccc(F)cc2)nn(CN2CCN(c3ncccn3)CC2)c1=S. The van der Waals surface area contributed by atoms with Gasteiger partial charge in [0.2, 0.25) is 5.95 Å². The van der Waals surface area contributed by atoms with Crippen LogP contribution < -0.4 is 4.90 Å². The number of piperazine rings is 1. The summed E-state index contributed by atoms with van der Waals surface area (Å²) in [6, 6.07) is 8.12. The van der Waals surface area contributed by atoms with Crippen molar-refractivity contribution >= 4 is 18.2 Å². The fraction of sp³-hybridized carbons (Fsp3) is 0.300. The van der Waals surface area contributed by atoms with Crippen LogP contribution in [-0.2, 0) is 13.2 Å². The highest BCUT2D eigenvalue weighted by Crippen LogP contribution is 2.20. The average Bonchev–Trinajstić information content (AvgIpc) is 3.06. The number of aromatic nitrogens is 5. The van der Waals surface area contributed by atoms with E-state index in [0.29, 0.717) is 23.8 Å². The van der Waals surface area contributed by atoms with Crippen molar-refractivity contribution in [1.82, 2.24) is 29.2 Å². The number of hydrogen-bond acceptors (Lipinski definition) is 6. The molecule has 0 saturated carbocycles. The minimum atomic E-state index is -0.276. The topological polar surface area (TPSA) is 55.0 Å². The van der Waals surface area contributed by atoms with Gasteiger partial charge in [0.15, 0.2) is 10.6 Å². The Morgan fingerprint density at radius 1 is 1.07 bits per heavy atom. The summed E-state index contributed by atoms with van der Waals surface area (Å²) in [4.78, 5) is 13.1. The molecule has 1 aliphatic heterocycles. The van der Waals surface area contributed by atoms with E-state index in [1.165, 1.54) is 12.1 Å². The first kappa shape index (κ1) is 19.4. The molecule has 150 valence electrons. The van der Waals surface area contributed by atoms with E-state index in [1.807, 2.05) is 15.3 Å². The maximum absolute atomic E-state index is 13.3. The van der Waals surface area contributed by atoms with Gasteiger partial charge >= 0.3 is 0 Å². The van der Waals surface area contributed by atoms with Gasteiger partial charge in [-0.25, -0.2) is 19.0 Å². The smallest absolute Gasteiger partial charge is 0.225 e. The number of hydrogen-bond donors (Lipinski definition) is 0. The lowest BCUT2D eigenvalue weighted by Crippen LogP contribution is -2.47. The minimum Gasteiger partial charge on any atom is -0.338 e. The summed E-state index contributed by atoms with van der Waals surface area (Å²) in [5.41, 5.74) is 0.823. The number of allylic oxidation sites excluding steroid dienone is 1. The summed E-state index contributed by atoms with van der Waals surface area (Å²) in [6.07, 6.45) is 5.31. The summed E-state index contributed by atoms with van der Waals surface area (Å²) < 4.78 is 17.7. The zero-order valence-corrected chi connectivity index (χ0v) is 16.8. The molecule has 0 radical (unpaired) electrons. The molecule has 0 unspecified atom stereocenters. The molecule has 0 bridgehead atoms. The van der Waals surface area contributed by atoms with Crippen LogP contribution in [0.1, 0.15) is 0 Å². The predicted molar refractivity (Wildman–Crippen MR) is 112 cm³/mol. The van der Waals surface area contributed by atoms with E-state index >= 15 is 0 Å². The number of halogens is 1. The Bertz CT molecular complexity index is 1020. The van der Waals surface area contributed by atoms with Crippen molar-refractivity contribution in [2.75, 3.05) is 31.1 Å². The normalized spacial score (nSPS) is 14.9. The molecule has 0 amide bonds. The highest BCUT2D eigenvalue weighted by atomic mass is 32.1. The van der Waals surface area contributed by atoms with Gasteiger partial charge in [0.1, 0.15) is 5.82 Å². The van der Waals surface area contributed by atoms with Crippen LogP contribution in [0.2, 0.25) is 0 Å². The second-order valence-corrected chi connectivity index (χ2v) is 7.17. The molecule has 0 N–H and O–H groups in total. The summed E-state index contributed by atoms with van der Waals surface area (Å²) in [6.45, 7) is 8.37. The maximum atomic E-state index is 13.3. The predicted octanol–water partition coefficient (Wildman–Crippen LogP) is 2.98. The molecule has 0 spiro atoms. The Hall–Kier alpha value is -2.91. The van der Waals surface area contributed by atoms with Crippen molar-refractivity contribution in [3.8, 4) is 11.4 Å². The van der Waals surface area contributed by atoms with Gasteiger partial charge in [-0.2, -0.15) is 5.10 Å². The third-order valence-electron chi connectivity index (χ3n) is 4.88. The van der Waals surface area contributed by atoms with Crippen LogP contribution in [0.4, 0.5) is 10.3 Å². The first-order valence-electron chi connectivity index (χ1n) is 9.44. The van der Waals surface area contributed by atoms with Gasteiger partial charge in [0.25, 0.3) is 0 Å². The number of nitrogens with zero attached hydrogens (tertiary/aromatic N) is 7. The van der Waals surface area contributed by atoms with Crippen molar-refractivity contribution in [2.45, 2.75) is 13.2 Å².